The fourth-order valence-electron chi connectivity index (χ4n) is 1.41. The number of nitrogens with zero attached hydrogens (tertiary/aromatic N) is 1. The van der Waals surface area contributed by atoms with E-state index in [4.69, 9.17) is 5.21 Å². The SMILES string of the molecule is Cc1sc2ccccc2c1/C=N\O. The van der Waals surface area contributed by atoms with Crippen LogP contribution in [0.2, 0.25) is 0 Å². The molecule has 66 valence electrons. The molecule has 3 heteroatoms. The van der Waals surface area contributed by atoms with Crippen LogP contribution in [0.4, 0.5) is 0 Å². The van der Waals surface area contributed by atoms with Gasteiger partial charge in [0.1, 0.15) is 0 Å². The third kappa shape index (κ3) is 1.31. The van der Waals surface area contributed by atoms with Crippen LogP contribution in [0, 0.1) is 6.92 Å². The van der Waals surface area contributed by atoms with Crippen molar-refractivity contribution in [3.05, 3.63) is 34.7 Å². The van der Waals surface area contributed by atoms with E-state index in [0.29, 0.717) is 0 Å². The number of rotatable bonds is 1. The van der Waals surface area contributed by atoms with Crippen molar-refractivity contribution in [1.82, 2.24) is 0 Å². The summed E-state index contributed by atoms with van der Waals surface area (Å²) in [6.07, 6.45) is 1.49. The first-order valence-electron chi connectivity index (χ1n) is 3.98. The smallest absolute Gasteiger partial charge is 0.0751 e. The van der Waals surface area contributed by atoms with Crippen molar-refractivity contribution in [2.75, 3.05) is 0 Å². The van der Waals surface area contributed by atoms with E-state index in [-0.39, 0.29) is 0 Å². The van der Waals surface area contributed by atoms with Gasteiger partial charge in [-0.05, 0) is 13.0 Å². The zero-order valence-corrected chi connectivity index (χ0v) is 8.01. The highest BCUT2D eigenvalue weighted by Crippen LogP contribution is 2.28. The number of thiophene rings is 1. The minimum Gasteiger partial charge on any atom is -0.411 e. The van der Waals surface area contributed by atoms with E-state index in [2.05, 4.69) is 11.2 Å². The maximum atomic E-state index is 8.50. The highest BCUT2D eigenvalue weighted by Gasteiger charge is 2.05. The molecule has 0 amide bonds. The van der Waals surface area contributed by atoms with Crippen LogP contribution in [-0.4, -0.2) is 11.4 Å². The number of oxime groups is 1. The van der Waals surface area contributed by atoms with Gasteiger partial charge in [-0.15, -0.1) is 11.3 Å². The Morgan fingerprint density at radius 3 is 2.92 bits per heavy atom. The van der Waals surface area contributed by atoms with Crippen molar-refractivity contribution in [3.63, 3.8) is 0 Å². The molecular weight excluding hydrogens is 182 g/mol. The first-order valence-corrected chi connectivity index (χ1v) is 4.80. The van der Waals surface area contributed by atoms with Gasteiger partial charge in [-0.3, -0.25) is 0 Å². The summed E-state index contributed by atoms with van der Waals surface area (Å²) < 4.78 is 1.23. The van der Waals surface area contributed by atoms with Crippen LogP contribution < -0.4 is 0 Å². The standard InChI is InChI=1S/C10H9NOS/c1-7-9(6-11-12)8-4-2-3-5-10(8)13-7/h2-6,12H,1H3/b11-6-. The highest BCUT2D eigenvalue weighted by molar-refractivity contribution is 7.19. The Kier molecular flexibility index (Phi) is 2.02. The molecule has 0 fully saturated rings. The van der Waals surface area contributed by atoms with Crippen molar-refractivity contribution < 1.29 is 5.21 Å². The second-order valence-corrected chi connectivity index (χ2v) is 4.07. The maximum absolute atomic E-state index is 8.50. The van der Waals surface area contributed by atoms with Gasteiger partial charge in [-0.2, -0.15) is 0 Å². The van der Waals surface area contributed by atoms with Crippen LogP contribution in [0.25, 0.3) is 10.1 Å². The largest absolute Gasteiger partial charge is 0.411 e. The van der Waals surface area contributed by atoms with E-state index < -0.39 is 0 Å². The number of aryl methyl sites for hydroxylation is 1. The molecule has 0 saturated heterocycles. The molecular formula is C10H9NOS. The monoisotopic (exact) mass is 191 g/mol. The lowest BCUT2D eigenvalue weighted by molar-refractivity contribution is 0.322. The molecule has 13 heavy (non-hydrogen) atoms. The summed E-state index contributed by atoms with van der Waals surface area (Å²) in [5.74, 6) is 0. The van der Waals surface area contributed by atoms with Crippen LogP contribution in [0.5, 0.6) is 0 Å². The van der Waals surface area contributed by atoms with Crippen LogP contribution >= 0.6 is 11.3 Å². The molecule has 0 spiro atoms. The van der Waals surface area contributed by atoms with Gasteiger partial charge in [0, 0.05) is 20.5 Å². The Labute approximate surface area is 80.1 Å². The van der Waals surface area contributed by atoms with Gasteiger partial charge >= 0.3 is 0 Å². The molecule has 0 atom stereocenters. The molecule has 1 N–H and O–H groups in total. The fourth-order valence-corrected chi connectivity index (χ4v) is 2.44. The first-order chi connectivity index (χ1) is 6.33. The minimum absolute atomic E-state index is 1.02. The van der Waals surface area contributed by atoms with Gasteiger partial charge in [0.25, 0.3) is 0 Å². The molecule has 0 bridgehead atoms. The summed E-state index contributed by atoms with van der Waals surface area (Å²) in [4.78, 5) is 1.18. The van der Waals surface area contributed by atoms with E-state index in [9.17, 15) is 0 Å². The lowest BCUT2D eigenvalue weighted by Crippen LogP contribution is -1.80. The number of hydrogen-bond donors (Lipinski definition) is 1. The Morgan fingerprint density at radius 2 is 2.15 bits per heavy atom. The molecule has 0 aliphatic rings. The van der Waals surface area contributed by atoms with Gasteiger partial charge in [0.05, 0.1) is 6.21 Å². The number of fused-ring (bicyclic) bond motifs is 1. The molecule has 1 heterocycles. The van der Waals surface area contributed by atoms with Gasteiger partial charge in [0.2, 0.25) is 0 Å². The summed E-state index contributed by atoms with van der Waals surface area (Å²) >= 11 is 1.72. The van der Waals surface area contributed by atoms with Crippen molar-refractivity contribution >= 4 is 27.6 Å². The van der Waals surface area contributed by atoms with Crippen LogP contribution in [-0.2, 0) is 0 Å². The Hall–Kier alpha value is -1.35. The molecule has 0 aliphatic carbocycles. The van der Waals surface area contributed by atoms with Crippen LogP contribution in [0.3, 0.4) is 0 Å². The van der Waals surface area contributed by atoms with Gasteiger partial charge in [0.15, 0.2) is 0 Å². The van der Waals surface area contributed by atoms with Crippen LogP contribution in [0.15, 0.2) is 29.4 Å². The van der Waals surface area contributed by atoms with E-state index in [1.54, 1.807) is 11.3 Å². The topological polar surface area (TPSA) is 32.6 Å². The summed E-state index contributed by atoms with van der Waals surface area (Å²) in [5.41, 5.74) is 1.02. The van der Waals surface area contributed by atoms with Gasteiger partial charge < -0.3 is 5.21 Å². The Bertz CT molecular complexity index is 459. The molecule has 0 saturated carbocycles. The molecule has 1 aromatic carbocycles. The zero-order chi connectivity index (χ0) is 9.26. The predicted molar refractivity (Wildman–Crippen MR) is 55.9 cm³/mol. The van der Waals surface area contributed by atoms with Crippen molar-refractivity contribution in [2.45, 2.75) is 6.92 Å². The summed E-state index contributed by atoms with van der Waals surface area (Å²) in [5, 5.41) is 12.7. The highest BCUT2D eigenvalue weighted by atomic mass is 32.1. The van der Waals surface area contributed by atoms with Crippen molar-refractivity contribution in [1.29, 1.82) is 0 Å². The molecule has 0 aliphatic heterocycles. The molecule has 0 radical (unpaired) electrons. The summed E-state index contributed by atoms with van der Waals surface area (Å²) in [6.45, 7) is 2.03. The van der Waals surface area contributed by atoms with Gasteiger partial charge in [-0.25, -0.2) is 0 Å². The lowest BCUT2D eigenvalue weighted by Gasteiger charge is -1.89. The Morgan fingerprint density at radius 1 is 1.38 bits per heavy atom. The normalized spacial score (nSPS) is 11.5. The fraction of sp³-hybridized carbons (Fsp3) is 0.100. The lowest BCUT2D eigenvalue weighted by atomic mass is 10.1. The van der Waals surface area contributed by atoms with E-state index in [1.807, 2.05) is 25.1 Å². The zero-order valence-electron chi connectivity index (χ0n) is 7.19. The summed E-state index contributed by atoms with van der Waals surface area (Å²) in [6, 6.07) is 8.11. The first kappa shape index (κ1) is 8.26. The van der Waals surface area contributed by atoms with E-state index >= 15 is 0 Å². The summed E-state index contributed by atoms with van der Waals surface area (Å²) in [7, 11) is 0. The minimum atomic E-state index is 1.02. The molecule has 0 unspecified atom stereocenters. The third-order valence-corrected chi connectivity index (χ3v) is 3.11. The second kappa shape index (κ2) is 3.18. The van der Waals surface area contributed by atoms with Gasteiger partial charge in [-0.1, -0.05) is 23.4 Å². The predicted octanol–water partition coefficient (Wildman–Crippen LogP) is 3.02. The van der Waals surface area contributed by atoms with E-state index in [1.165, 1.54) is 15.8 Å². The van der Waals surface area contributed by atoms with E-state index in [0.717, 1.165) is 10.9 Å². The molecule has 2 aromatic rings. The molecule has 1 aromatic heterocycles. The average molecular weight is 191 g/mol. The molecule has 2 rings (SSSR count). The van der Waals surface area contributed by atoms with Crippen molar-refractivity contribution in [2.24, 2.45) is 5.16 Å². The third-order valence-electron chi connectivity index (χ3n) is 2.01. The number of benzene rings is 1. The number of hydrogen-bond acceptors (Lipinski definition) is 3. The van der Waals surface area contributed by atoms with Crippen LogP contribution in [0.1, 0.15) is 10.4 Å². The second-order valence-electron chi connectivity index (χ2n) is 2.81. The van der Waals surface area contributed by atoms with Crippen molar-refractivity contribution in [3.8, 4) is 0 Å². The Balaban J connectivity index is 2.78. The average Bonchev–Trinajstić information content (AvgIpc) is 2.44. The molecule has 2 nitrogen and oxygen atoms in total. The quantitative estimate of drug-likeness (QED) is 0.419. The maximum Gasteiger partial charge on any atom is 0.0751 e.